The standard InChI is InChI=1S/C9H19BO/c1-3-7(2)6-8-4-5-9(10)11-8/h7-9H,3-6,10H2,1-2H3/t7?,8?,9-/m1/s1. The summed E-state index contributed by atoms with van der Waals surface area (Å²) in [5, 5.41) is 0. The van der Waals surface area contributed by atoms with E-state index < -0.39 is 0 Å². The molecule has 11 heavy (non-hydrogen) atoms. The summed E-state index contributed by atoms with van der Waals surface area (Å²) in [6.45, 7) is 4.56. The van der Waals surface area contributed by atoms with Gasteiger partial charge in [-0.25, -0.2) is 0 Å². The molecule has 0 aliphatic carbocycles. The summed E-state index contributed by atoms with van der Waals surface area (Å²) >= 11 is 0. The van der Waals surface area contributed by atoms with Crippen molar-refractivity contribution in [3.8, 4) is 0 Å². The summed E-state index contributed by atoms with van der Waals surface area (Å²) < 4.78 is 5.73. The van der Waals surface area contributed by atoms with Crippen LogP contribution < -0.4 is 0 Å². The summed E-state index contributed by atoms with van der Waals surface area (Å²) in [6, 6.07) is 0.518. The fourth-order valence-corrected chi connectivity index (χ4v) is 1.67. The minimum atomic E-state index is 0.518. The number of hydrogen-bond acceptors (Lipinski definition) is 1. The van der Waals surface area contributed by atoms with E-state index in [2.05, 4.69) is 21.7 Å². The van der Waals surface area contributed by atoms with E-state index in [-0.39, 0.29) is 0 Å². The summed E-state index contributed by atoms with van der Waals surface area (Å²) in [6.07, 6.45) is 5.67. The minimum absolute atomic E-state index is 0.518. The van der Waals surface area contributed by atoms with Crippen molar-refractivity contribution in [2.45, 2.75) is 51.6 Å². The molecule has 64 valence electrons. The SMILES string of the molecule is B[C@H]1CCC(CC(C)CC)O1. The largest absolute Gasteiger partial charge is 0.384 e. The van der Waals surface area contributed by atoms with Crippen LogP contribution in [0.4, 0.5) is 0 Å². The lowest BCUT2D eigenvalue weighted by molar-refractivity contribution is 0.0710. The Morgan fingerprint density at radius 1 is 1.55 bits per heavy atom. The Morgan fingerprint density at radius 3 is 2.73 bits per heavy atom. The molecule has 0 spiro atoms. The van der Waals surface area contributed by atoms with Gasteiger partial charge in [0.25, 0.3) is 0 Å². The van der Waals surface area contributed by atoms with Gasteiger partial charge in [-0.15, -0.1) is 0 Å². The quantitative estimate of drug-likeness (QED) is 0.560. The fraction of sp³-hybridized carbons (Fsp3) is 1.00. The zero-order valence-corrected chi connectivity index (χ0v) is 7.97. The lowest BCUT2D eigenvalue weighted by Gasteiger charge is -2.15. The normalized spacial score (nSPS) is 34.0. The maximum Gasteiger partial charge on any atom is 0.139 e. The maximum atomic E-state index is 5.73. The van der Waals surface area contributed by atoms with E-state index in [1.165, 1.54) is 25.7 Å². The van der Waals surface area contributed by atoms with E-state index in [4.69, 9.17) is 4.74 Å². The highest BCUT2D eigenvalue weighted by atomic mass is 16.5. The van der Waals surface area contributed by atoms with Gasteiger partial charge >= 0.3 is 0 Å². The summed E-state index contributed by atoms with van der Waals surface area (Å²) in [5.74, 6) is 0.838. The average molecular weight is 154 g/mol. The molecule has 3 atom stereocenters. The first-order valence-corrected chi connectivity index (χ1v) is 4.87. The molecule has 0 saturated carbocycles. The molecule has 0 aromatic heterocycles. The first-order valence-electron chi connectivity index (χ1n) is 4.87. The van der Waals surface area contributed by atoms with Crippen molar-refractivity contribution >= 4 is 7.85 Å². The van der Waals surface area contributed by atoms with Crippen molar-refractivity contribution in [3.63, 3.8) is 0 Å². The molecule has 1 heterocycles. The molecular formula is C9H19BO. The summed E-state index contributed by atoms with van der Waals surface area (Å²) in [5.41, 5.74) is 0. The van der Waals surface area contributed by atoms with Crippen molar-refractivity contribution in [2.75, 3.05) is 0 Å². The third-order valence-corrected chi connectivity index (χ3v) is 2.68. The van der Waals surface area contributed by atoms with Crippen LogP contribution in [0.5, 0.6) is 0 Å². The Balaban J connectivity index is 2.17. The third kappa shape index (κ3) is 2.86. The summed E-state index contributed by atoms with van der Waals surface area (Å²) in [7, 11) is 2.18. The number of hydrogen-bond donors (Lipinski definition) is 0. The highest BCUT2D eigenvalue weighted by Crippen LogP contribution is 2.24. The molecule has 2 unspecified atom stereocenters. The molecule has 2 heteroatoms. The smallest absolute Gasteiger partial charge is 0.139 e. The molecule has 1 aliphatic rings. The molecule has 0 aromatic carbocycles. The van der Waals surface area contributed by atoms with Crippen molar-refractivity contribution in [1.29, 1.82) is 0 Å². The second-order valence-corrected chi connectivity index (χ2v) is 3.90. The molecule has 0 bridgehead atoms. The van der Waals surface area contributed by atoms with Crippen LogP contribution in [0.15, 0.2) is 0 Å². The Bertz CT molecular complexity index is 116. The second-order valence-electron chi connectivity index (χ2n) is 3.90. The topological polar surface area (TPSA) is 9.23 Å². The monoisotopic (exact) mass is 154 g/mol. The van der Waals surface area contributed by atoms with Crippen LogP contribution >= 0.6 is 0 Å². The Hall–Kier alpha value is 0.0249. The number of ether oxygens (including phenoxy) is 1. The highest BCUT2D eigenvalue weighted by molar-refractivity contribution is 6.11. The minimum Gasteiger partial charge on any atom is -0.384 e. The highest BCUT2D eigenvalue weighted by Gasteiger charge is 2.22. The van der Waals surface area contributed by atoms with E-state index in [1.54, 1.807) is 0 Å². The molecule has 0 aromatic rings. The Morgan fingerprint density at radius 2 is 2.27 bits per heavy atom. The molecule has 0 amide bonds. The number of rotatable bonds is 3. The predicted molar refractivity (Wildman–Crippen MR) is 50.5 cm³/mol. The zero-order valence-electron chi connectivity index (χ0n) is 7.97. The summed E-state index contributed by atoms with van der Waals surface area (Å²) in [4.78, 5) is 0. The molecule has 0 N–H and O–H groups in total. The zero-order chi connectivity index (χ0) is 8.27. The first kappa shape index (κ1) is 9.12. The van der Waals surface area contributed by atoms with Crippen LogP contribution in [0.3, 0.4) is 0 Å². The van der Waals surface area contributed by atoms with Crippen LogP contribution in [-0.4, -0.2) is 20.0 Å². The van der Waals surface area contributed by atoms with Gasteiger partial charge in [0.15, 0.2) is 0 Å². The predicted octanol–water partition coefficient (Wildman–Crippen LogP) is 1.56. The fourth-order valence-electron chi connectivity index (χ4n) is 1.67. The van der Waals surface area contributed by atoms with Gasteiger partial charge < -0.3 is 4.74 Å². The Kier molecular flexibility index (Phi) is 3.44. The molecule has 1 rings (SSSR count). The van der Waals surface area contributed by atoms with Gasteiger partial charge in [-0.2, -0.15) is 0 Å². The van der Waals surface area contributed by atoms with E-state index >= 15 is 0 Å². The molecule has 1 saturated heterocycles. The van der Waals surface area contributed by atoms with Gasteiger partial charge in [-0.05, 0) is 25.2 Å². The molecule has 0 radical (unpaired) electrons. The lowest BCUT2D eigenvalue weighted by Crippen LogP contribution is -2.13. The van der Waals surface area contributed by atoms with Gasteiger partial charge in [-0.1, -0.05) is 20.3 Å². The molecule has 1 aliphatic heterocycles. The third-order valence-electron chi connectivity index (χ3n) is 2.68. The van der Waals surface area contributed by atoms with Gasteiger partial charge in [0.2, 0.25) is 0 Å². The van der Waals surface area contributed by atoms with E-state index in [9.17, 15) is 0 Å². The molecule has 1 fully saturated rings. The van der Waals surface area contributed by atoms with Gasteiger partial charge in [-0.3, -0.25) is 0 Å². The Labute approximate surface area is 70.9 Å². The van der Waals surface area contributed by atoms with Crippen LogP contribution in [0.1, 0.15) is 39.5 Å². The van der Waals surface area contributed by atoms with Crippen LogP contribution in [0, 0.1) is 5.92 Å². The maximum absolute atomic E-state index is 5.73. The van der Waals surface area contributed by atoms with Crippen molar-refractivity contribution in [1.82, 2.24) is 0 Å². The van der Waals surface area contributed by atoms with Gasteiger partial charge in [0.05, 0.1) is 6.10 Å². The van der Waals surface area contributed by atoms with Gasteiger partial charge in [0, 0.05) is 6.00 Å². The van der Waals surface area contributed by atoms with Crippen LogP contribution in [0.2, 0.25) is 0 Å². The van der Waals surface area contributed by atoms with Crippen molar-refractivity contribution in [3.05, 3.63) is 0 Å². The molecular weight excluding hydrogens is 135 g/mol. The van der Waals surface area contributed by atoms with Crippen LogP contribution in [-0.2, 0) is 4.74 Å². The second kappa shape index (κ2) is 4.15. The van der Waals surface area contributed by atoms with E-state index in [0.717, 1.165) is 5.92 Å². The van der Waals surface area contributed by atoms with E-state index in [1.807, 2.05) is 0 Å². The van der Waals surface area contributed by atoms with Crippen molar-refractivity contribution < 1.29 is 4.74 Å². The van der Waals surface area contributed by atoms with Crippen LogP contribution in [0.25, 0.3) is 0 Å². The molecule has 1 nitrogen and oxygen atoms in total. The van der Waals surface area contributed by atoms with Gasteiger partial charge in [0.1, 0.15) is 7.85 Å². The van der Waals surface area contributed by atoms with Crippen molar-refractivity contribution in [2.24, 2.45) is 5.92 Å². The first-order chi connectivity index (χ1) is 5.22. The average Bonchev–Trinajstić information content (AvgIpc) is 2.35. The lowest BCUT2D eigenvalue weighted by atomic mass is 9.96. The van der Waals surface area contributed by atoms with E-state index in [0.29, 0.717) is 12.1 Å².